The number of pyridine rings is 1. The average Bonchev–Trinajstić information content (AvgIpc) is 2.88. The van der Waals surface area contributed by atoms with Crippen LogP contribution in [0.1, 0.15) is 17.0 Å². The molecule has 0 atom stereocenters. The largest absolute Gasteiger partial charge is 0.480 e. The molecular weight excluding hydrogens is 488 g/mol. The Bertz CT molecular complexity index is 1730. The Morgan fingerprint density at radius 3 is 2.49 bits per heavy atom. The van der Waals surface area contributed by atoms with E-state index in [1.54, 1.807) is 26.6 Å². The van der Waals surface area contributed by atoms with E-state index in [0.29, 0.717) is 33.5 Å². The fourth-order valence-corrected chi connectivity index (χ4v) is 4.69. The molecule has 0 unspecified atom stereocenters. The molecule has 0 radical (unpaired) electrons. The summed E-state index contributed by atoms with van der Waals surface area (Å²) in [6.45, 7) is 5.74. The zero-order valence-electron chi connectivity index (χ0n) is 21.1. The maximum Gasteiger partial charge on any atom is 0.278 e. The van der Waals surface area contributed by atoms with Gasteiger partial charge in [0, 0.05) is 34.9 Å². The van der Waals surface area contributed by atoms with Crippen LogP contribution in [0.4, 0.5) is 11.5 Å². The van der Waals surface area contributed by atoms with Gasteiger partial charge in [0.25, 0.3) is 5.56 Å². The molecule has 5 aromatic rings. The van der Waals surface area contributed by atoms with Crippen LogP contribution >= 0.6 is 11.6 Å². The van der Waals surface area contributed by atoms with Crippen LogP contribution in [-0.4, -0.2) is 31.8 Å². The third-order valence-corrected chi connectivity index (χ3v) is 6.72. The Morgan fingerprint density at radius 2 is 1.70 bits per heavy atom. The van der Waals surface area contributed by atoms with Crippen molar-refractivity contribution in [3.63, 3.8) is 0 Å². The summed E-state index contributed by atoms with van der Waals surface area (Å²) in [6.07, 6.45) is 3.37. The van der Waals surface area contributed by atoms with Crippen LogP contribution in [0, 0.1) is 20.8 Å². The van der Waals surface area contributed by atoms with E-state index in [9.17, 15) is 4.79 Å². The number of aryl methyl sites for hydroxylation is 3. The number of aromatic nitrogens is 5. The molecule has 5 rings (SSSR count). The molecule has 0 aliphatic heterocycles. The summed E-state index contributed by atoms with van der Waals surface area (Å²) in [5.41, 5.74) is 6.21. The van der Waals surface area contributed by atoms with Crippen LogP contribution in [0.2, 0.25) is 5.02 Å². The number of ether oxygens (including phenoxy) is 1. The molecule has 9 heteroatoms. The molecule has 0 aliphatic carbocycles. The Morgan fingerprint density at radius 1 is 0.973 bits per heavy atom. The Hall–Kier alpha value is -4.30. The number of fused-ring (bicyclic) bond motifs is 1. The van der Waals surface area contributed by atoms with Crippen LogP contribution in [0.25, 0.3) is 33.2 Å². The minimum absolute atomic E-state index is 0.216. The normalized spacial score (nSPS) is 11.1. The molecule has 8 nitrogen and oxygen atoms in total. The van der Waals surface area contributed by atoms with Crippen molar-refractivity contribution in [2.24, 2.45) is 7.05 Å². The van der Waals surface area contributed by atoms with Crippen molar-refractivity contribution in [1.29, 1.82) is 0 Å². The van der Waals surface area contributed by atoms with E-state index < -0.39 is 0 Å². The average molecular weight is 513 g/mol. The molecule has 2 aromatic carbocycles. The number of anilines is 2. The first-order valence-corrected chi connectivity index (χ1v) is 12.0. The standard InChI is InChI=1S/C28H25ClN6O2/c1-15-12-18-13-31-35(4)28(36)24(18)26(32-15)33-22-11-7-8-19(16(22)2)20-9-6-10-21(25(20)29)23-14-30-17(3)27(34-23)37-5/h6-14H,1-5H3,(H,32,33). The minimum atomic E-state index is -0.216. The molecule has 0 fully saturated rings. The molecule has 1 N–H and O–H groups in total. The number of hydrogen-bond acceptors (Lipinski definition) is 7. The Labute approximate surface area is 219 Å². The molecule has 0 amide bonds. The molecule has 0 saturated carbocycles. The van der Waals surface area contributed by atoms with E-state index in [1.807, 2.05) is 63.2 Å². The summed E-state index contributed by atoms with van der Waals surface area (Å²) in [5.74, 6) is 0.945. The maximum atomic E-state index is 12.9. The van der Waals surface area contributed by atoms with Gasteiger partial charge in [-0.15, -0.1) is 0 Å². The van der Waals surface area contributed by atoms with Gasteiger partial charge in [0.15, 0.2) is 0 Å². The van der Waals surface area contributed by atoms with E-state index in [0.717, 1.165) is 39.0 Å². The first-order chi connectivity index (χ1) is 17.8. The van der Waals surface area contributed by atoms with Crippen molar-refractivity contribution in [2.75, 3.05) is 12.4 Å². The fraction of sp³-hybridized carbons (Fsp3) is 0.179. The second-order valence-corrected chi connectivity index (χ2v) is 9.15. The lowest BCUT2D eigenvalue weighted by Gasteiger charge is -2.17. The molecule has 3 heterocycles. The molecule has 0 aliphatic rings. The van der Waals surface area contributed by atoms with Gasteiger partial charge in [-0.2, -0.15) is 5.10 Å². The highest BCUT2D eigenvalue weighted by Gasteiger charge is 2.17. The molecule has 0 spiro atoms. The molecular formula is C28H25ClN6O2. The van der Waals surface area contributed by atoms with Gasteiger partial charge >= 0.3 is 0 Å². The number of halogens is 1. The summed E-state index contributed by atoms with van der Waals surface area (Å²) in [5, 5.41) is 9.31. The third kappa shape index (κ3) is 4.40. The second kappa shape index (κ2) is 9.63. The van der Waals surface area contributed by atoms with Crippen molar-refractivity contribution < 1.29 is 4.74 Å². The third-order valence-electron chi connectivity index (χ3n) is 6.31. The van der Waals surface area contributed by atoms with Gasteiger partial charge in [-0.25, -0.2) is 14.6 Å². The summed E-state index contributed by atoms with van der Waals surface area (Å²) in [4.78, 5) is 26.5. The van der Waals surface area contributed by atoms with E-state index >= 15 is 0 Å². The van der Waals surface area contributed by atoms with E-state index in [4.69, 9.17) is 16.3 Å². The highest BCUT2D eigenvalue weighted by atomic mass is 35.5. The second-order valence-electron chi connectivity index (χ2n) is 8.77. The number of hydrogen-bond donors (Lipinski definition) is 1. The van der Waals surface area contributed by atoms with Gasteiger partial charge in [-0.05, 0) is 44.0 Å². The van der Waals surface area contributed by atoms with Gasteiger partial charge in [0.1, 0.15) is 5.82 Å². The Kier molecular flexibility index (Phi) is 6.35. The zero-order chi connectivity index (χ0) is 26.3. The topological polar surface area (TPSA) is 94.8 Å². The van der Waals surface area contributed by atoms with Crippen LogP contribution in [0.5, 0.6) is 5.88 Å². The first-order valence-electron chi connectivity index (χ1n) is 11.7. The van der Waals surface area contributed by atoms with Crippen molar-refractivity contribution in [3.8, 4) is 28.3 Å². The number of rotatable bonds is 5. The summed E-state index contributed by atoms with van der Waals surface area (Å²) in [7, 11) is 3.19. The summed E-state index contributed by atoms with van der Waals surface area (Å²) >= 11 is 6.94. The molecule has 0 bridgehead atoms. The van der Waals surface area contributed by atoms with Crippen molar-refractivity contribution in [2.45, 2.75) is 20.8 Å². The number of nitrogens with zero attached hydrogens (tertiary/aromatic N) is 5. The lowest BCUT2D eigenvalue weighted by atomic mass is 9.96. The number of nitrogens with one attached hydrogen (secondary N) is 1. The van der Waals surface area contributed by atoms with Gasteiger partial charge in [0.2, 0.25) is 5.88 Å². The van der Waals surface area contributed by atoms with E-state index in [2.05, 4.69) is 25.4 Å². The molecule has 186 valence electrons. The van der Waals surface area contributed by atoms with Crippen LogP contribution in [0.15, 0.2) is 59.7 Å². The Balaban J connectivity index is 1.61. The predicted octanol–water partition coefficient (Wildman–Crippen LogP) is 5.78. The van der Waals surface area contributed by atoms with Crippen molar-refractivity contribution >= 4 is 33.9 Å². The van der Waals surface area contributed by atoms with Gasteiger partial charge in [0.05, 0.1) is 41.3 Å². The lowest BCUT2D eigenvalue weighted by molar-refractivity contribution is 0.392. The van der Waals surface area contributed by atoms with Crippen LogP contribution < -0.4 is 15.6 Å². The number of benzene rings is 2. The monoisotopic (exact) mass is 512 g/mol. The van der Waals surface area contributed by atoms with E-state index in [1.165, 1.54) is 4.68 Å². The van der Waals surface area contributed by atoms with Gasteiger partial charge in [-0.3, -0.25) is 9.78 Å². The van der Waals surface area contributed by atoms with Crippen molar-refractivity contribution in [1.82, 2.24) is 24.7 Å². The van der Waals surface area contributed by atoms with Gasteiger partial charge < -0.3 is 10.1 Å². The predicted molar refractivity (Wildman–Crippen MR) is 147 cm³/mol. The molecule has 0 saturated heterocycles. The minimum Gasteiger partial charge on any atom is -0.480 e. The summed E-state index contributed by atoms with van der Waals surface area (Å²) < 4.78 is 6.66. The smallest absolute Gasteiger partial charge is 0.278 e. The zero-order valence-corrected chi connectivity index (χ0v) is 21.9. The number of methoxy groups -OCH3 is 1. The fourth-order valence-electron chi connectivity index (χ4n) is 4.36. The van der Waals surface area contributed by atoms with Crippen LogP contribution in [0.3, 0.4) is 0 Å². The first kappa shape index (κ1) is 24.4. The van der Waals surface area contributed by atoms with Gasteiger partial charge in [-0.1, -0.05) is 41.9 Å². The highest BCUT2D eigenvalue weighted by Crippen LogP contribution is 2.39. The van der Waals surface area contributed by atoms with Crippen molar-refractivity contribution in [3.05, 3.63) is 87.2 Å². The quantitative estimate of drug-likeness (QED) is 0.319. The molecule has 37 heavy (non-hydrogen) atoms. The highest BCUT2D eigenvalue weighted by molar-refractivity contribution is 6.36. The summed E-state index contributed by atoms with van der Waals surface area (Å²) in [6, 6.07) is 13.6. The van der Waals surface area contributed by atoms with Crippen LogP contribution in [-0.2, 0) is 7.05 Å². The molecule has 3 aromatic heterocycles. The SMILES string of the molecule is COc1nc(-c2cccc(-c3cccc(Nc4nc(C)cc5cnn(C)c(=O)c45)c3C)c2Cl)cnc1C. The van der Waals surface area contributed by atoms with E-state index in [-0.39, 0.29) is 5.56 Å². The maximum absolute atomic E-state index is 12.9. The lowest BCUT2D eigenvalue weighted by Crippen LogP contribution is -2.20.